The molecule has 22 heavy (non-hydrogen) atoms. The second kappa shape index (κ2) is 3.85. The van der Waals surface area contributed by atoms with E-state index >= 15 is 0 Å². The van der Waals surface area contributed by atoms with E-state index in [-0.39, 0.29) is 0 Å². The molecular weight excluding hydrogens is 280 g/mol. The van der Waals surface area contributed by atoms with Crippen molar-refractivity contribution in [2.75, 3.05) is 0 Å². The van der Waals surface area contributed by atoms with Crippen LogP contribution in [0.15, 0.2) is 12.2 Å². The van der Waals surface area contributed by atoms with Crippen LogP contribution >= 0.6 is 0 Å². The summed E-state index contributed by atoms with van der Waals surface area (Å²) in [5.41, 5.74) is -5.31. The SMILES string of the molecule is N#CC1(C#N)OC(C#N)(C#N)C2C1C=CC1C2C1(C#N)C#N. The summed E-state index contributed by atoms with van der Waals surface area (Å²) in [5, 5.41) is 56.2. The van der Waals surface area contributed by atoms with E-state index in [1.807, 2.05) is 12.1 Å². The summed E-state index contributed by atoms with van der Waals surface area (Å²) in [5.74, 6) is -2.70. The summed E-state index contributed by atoms with van der Waals surface area (Å²) in [6, 6.07) is 10.9. The van der Waals surface area contributed by atoms with Gasteiger partial charge in [-0.1, -0.05) is 12.2 Å². The van der Waals surface area contributed by atoms with Gasteiger partial charge in [0.25, 0.3) is 0 Å². The van der Waals surface area contributed by atoms with Crippen LogP contribution in [0.1, 0.15) is 0 Å². The number of ether oxygens (including phenoxy) is 1. The molecule has 0 amide bonds. The van der Waals surface area contributed by atoms with E-state index in [1.54, 1.807) is 30.4 Å². The Bertz CT molecular complexity index is 803. The van der Waals surface area contributed by atoms with Gasteiger partial charge in [0.05, 0.1) is 12.1 Å². The summed E-state index contributed by atoms with van der Waals surface area (Å²) in [7, 11) is 0. The normalized spacial score (nSPS) is 36.6. The Morgan fingerprint density at radius 3 is 1.59 bits per heavy atom. The lowest BCUT2D eigenvalue weighted by molar-refractivity contribution is 0.00448. The van der Waals surface area contributed by atoms with Crippen LogP contribution in [-0.2, 0) is 4.74 Å². The molecule has 0 aromatic heterocycles. The molecule has 0 N–H and O–H groups in total. The Balaban J connectivity index is 2.22. The van der Waals surface area contributed by atoms with Crippen LogP contribution < -0.4 is 0 Å². The van der Waals surface area contributed by atoms with Crippen LogP contribution in [0.4, 0.5) is 0 Å². The van der Waals surface area contributed by atoms with Crippen LogP contribution in [0.3, 0.4) is 0 Å². The van der Waals surface area contributed by atoms with Crippen LogP contribution in [0.2, 0.25) is 0 Å². The summed E-state index contributed by atoms with van der Waals surface area (Å²) < 4.78 is 5.35. The van der Waals surface area contributed by atoms with Gasteiger partial charge >= 0.3 is 0 Å². The molecule has 1 aliphatic heterocycles. The van der Waals surface area contributed by atoms with Crippen LogP contribution in [0.5, 0.6) is 0 Å². The van der Waals surface area contributed by atoms with Crippen molar-refractivity contribution in [3.8, 4) is 36.4 Å². The summed E-state index contributed by atoms with van der Waals surface area (Å²) in [4.78, 5) is 0. The molecule has 0 bridgehead atoms. The van der Waals surface area contributed by atoms with Gasteiger partial charge in [0, 0.05) is 23.7 Å². The molecular formula is C15H6N6O. The number of rotatable bonds is 0. The van der Waals surface area contributed by atoms with Crippen molar-refractivity contribution in [3.05, 3.63) is 12.2 Å². The predicted octanol–water partition coefficient (Wildman–Crippen LogP) is 0.670. The topological polar surface area (TPSA) is 152 Å². The van der Waals surface area contributed by atoms with Gasteiger partial charge in [0.2, 0.25) is 11.2 Å². The molecule has 2 fully saturated rings. The van der Waals surface area contributed by atoms with E-state index < -0.39 is 40.3 Å². The van der Waals surface area contributed by atoms with Gasteiger partial charge in [-0.15, -0.1) is 0 Å². The standard InChI is InChI=1S/C15H6N6O/c16-3-13(4-17)9-1-2-10-12(11(9)13)15(7-20,8-21)22-14(10,5-18)6-19/h1-2,9-12H. The first-order chi connectivity index (χ1) is 10.5. The van der Waals surface area contributed by atoms with Crippen molar-refractivity contribution in [1.29, 1.82) is 31.6 Å². The minimum atomic E-state index is -2.01. The molecule has 0 radical (unpaired) electrons. The third kappa shape index (κ3) is 1.14. The fourth-order valence-corrected chi connectivity index (χ4v) is 3.85. The third-order valence-corrected chi connectivity index (χ3v) is 4.92. The molecule has 4 unspecified atom stereocenters. The van der Waals surface area contributed by atoms with Crippen LogP contribution in [-0.4, -0.2) is 11.2 Å². The molecule has 3 rings (SSSR count). The molecule has 2 aliphatic carbocycles. The van der Waals surface area contributed by atoms with Gasteiger partial charge < -0.3 is 4.74 Å². The Labute approximate surface area is 126 Å². The largest absolute Gasteiger partial charge is 0.312 e. The van der Waals surface area contributed by atoms with Gasteiger partial charge in [0.1, 0.15) is 24.3 Å². The first kappa shape index (κ1) is 13.6. The lowest BCUT2D eigenvalue weighted by Gasteiger charge is -2.24. The van der Waals surface area contributed by atoms with Gasteiger partial charge in [-0.3, -0.25) is 0 Å². The van der Waals surface area contributed by atoms with E-state index in [2.05, 4.69) is 0 Å². The number of hydrogen-bond donors (Lipinski definition) is 0. The number of hydrogen-bond acceptors (Lipinski definition) is 7. The second-order valence-corrected chi connectivity index (χ2v) is 5.60. The highest BCUT2D eigenvalue weighted by Crippen LogP contribution is 2.71. The molecule has 102 valence electrons. The second-order valence-electron chi connectivity index (χ2n) is 5.60. The number of nitriles is 6. The zero-order valence-corrected chi connectivity index (χ0v) is 11.1. The highest BCUT2D eigenvalue weighted by Gasteiger charge is 2.79. The minimum Gasteiger partial charge on any atom is -0.312 e. The van der Waals surface area contributed by atoms with Gasteiger partial charge in [-0.25, -0.2) is 0 Å². The van der Waals surface area contributed by atoms with Crippen molar-refractivity contribution in [1.82, 2.24) is 0 Å². The van der Waals surface area contributed by atoms with Gasteiger partial charge in [-0.05, 0) is 0 Å². The summed E-state index contributed by atoms with van der Waals surface area (Å²) in [6.45, 7) is 0. The number of allylic oxidation sites excluding steroid dienone is 1. The van der Waals surface area contributed by atoms with Crippen molar-refractivity contribution in [2.45, 2.75) is 11.2 Å². The minimum absolute atomic E-state index is 0.415. The maximum absolute atomic E-state index is 9.42. The zero-order chi connectivity index (χ0) is 16.2. The Hall–Kier alpha value is -3.36. The fourth-order valence-electron chi connectivity index (χ4n) is 3.85. The number of nitrogens with zero attached hydrogens (tertiary/aromatic N) is 6. The van der Waals surface area contributed by atoms with E-state index in [0.29, 0.717) is 0 Å². The molecule has 3 aliphatic rings. The van der Waals surface area contributed by atoms with Gasteiger partial charge in [-0.2, -0.15) is 31.6 Å². The summed E-state index contributed by atoms with van der Waals surface area (Å²) >= 11 is 0. The Morgan fingerprint density at radius 1 is 0.636 bits per heavy atom. The van der Waals surface area contributed by atoms with Crippen molar-refractivity contribution < 1.29 is 4.74 Å². The Morgan fingerprint density at radius 2 is 1.14 bits per heavy atom. The first-order valence-electron chi connectivity index (χ1n) is 6.40. The molecule has 0 aromatic carbocycles. The van der Waals surface area contributed by atoms with E-state index in [0.717, 1.165) is 0 Å². The first-order valence-corrected chi connectivity index (χ1v) is 6.40. The quantitative estimate of drug-likeness (QED) is 0.593. The van der Waals surface area contributed by atoms with Crippen LogP contribution in [0, 0.1) is 97.1 Å². The Kier molecular flexibility index (Phi) is 2.38. The maximum Gasteiger partial charge on any atom is 0.250 e. The maximum atomic E-state index is 9.42. The van der Waals surface area contributed by atoms with E-state index in [9.17, 15) is 31.6 Å². The molecule has 0 aromatic rings. The molecule has 1 saturated carbocycles. The van der Waals surface area contributed by atoms with Crippen LogP contribution in [0.25, 0.3) is 0 Å². The average Bonchev–Trinajstić information content (AvgIpc) is 3.15. The average molecular weight is 286 g/mol. The summed E-state index contributed by atoms with van der Waals surface area (Å²) in [6.07, 6.45) is 3.15. The van der Waals surface area contributed by atoms with E-state index in [1.165, 1.54) is 6.08 Å². The molecule has 1 saturated heterocycles. The third-order valence-electron chi connectivity index (χ3n) is 4.92. The molecule has 7 nitrogen and oxygen atoms in total. The smallest absolute Gasteiger partial charge is 0.250 e. The van der Waals surface area contributed by atoms with Crippen molar-refractivity contribution in [3.63, 3.8) is 0 Å². The highest BCUT2D eigenvalue weighted by molar-refractivity contribution is 5.48. The van der Waals surface area contributed by atoms with Crippen molar-refractivity contribution >= 4 is 0 Å². The fraction of sp³-hybridized carbons (Fsp3) is 0.467. The molecule has 4 atom stereocenters. The predicted molar refractivity (Wildman–Crippen MR) is 65.8 cm³/mol. The van der Waals surface area contributed by atoms with Gasteiger partial charge in [0.15, 0.2) is 5.41 Å². The molecule has 1 heterocycles. The monoisotopic (exact) mass is 286 g/mol. The van der Waals surface area contributed by atoms with E-state index in [4.69, 9.17) is 4.74 Å². The lowest BCUT2D eigenvalue weighted by atomic mass is 9.70. The molecule has 7 heteroatoms. The molecule has 0 spiro atoms. The number of fused-ring (bicyclic) bond motifs is 3. The zero-order valence-electron chi connectivity index (χ0n) is 11.1. The van der Waals surface area contributed by atoms with Crippen molar-refractivity contribution in [2.24, 2.45) is 29.1 Å². The highest BCUT2D eigenvalue weighted by atomic mass is 16.5. The lowest BCUT2D eigenvalue weighted by Crippen LogP contribution is -2.37.